The van der Waals surface area contributed by atoms with Gasteiger partial charge in [-0.1, -0.05) is 18.2 Å². The van der Waals surface area contributed by atoms with E-state index in [1.54, 1.807) is 0 Å². The van der Waals surface area contributed by atoms with Crippen molar-refractivity contribution in [3.8, 4) is 5.75 Å². The molecule has 1 aliphatic heterocycles. The quantitative estimate of drug-likeness (QED) is 0.268. The average Bonchev–Trinajstić information content (AvgIpc) is 2.73. The molecule has 0 aliphatic carbocycles. The lowest BCUT2D eigenvalue weighted by Gasteiger charge is -2.44. The van der Waals surface area contributed by atoms with Gasteiger partial charge >= 0.3 is 23.9 Å². The third-order valence-electron chi connectivity index (χ3n) is 4.66. The van der Waals surface area contributed by atoms with E-state index in [4.69, 9.17) is 28.4 Å². The number of rotatable bonds is 10. The minimum Gasteiger partial charge on any atom is -0.492 e. The summed E-state index contributed by atoms with van der Waals surface area (Å²) < 4.78 is 33.1. The molecule has 0 unspecified atom stereocenters. The number of ether oxygens (including phenoxy) is 6. The Bertz CT molecular complexity index is 873. The molecule has 1 heterocycles. The molecule has 188 valence electrons. The summed E-state index contributed by atoms with van der Waals surface area (Å²) in [5.74, 6) is -1.36. The van der Waals surface area contributed by atoms with Crippen LogP contribution in [0.4, 0.5) is 0 Å². The smallest absolute Gasteiger partial charge is 0.303 e. The number of hydrogen-bond donors (Lipinski definition) is 0. The van der Waals surface area contributed by atoms with Gasteiger partial charge in [-0.2, -0.15) is 0 Å². The maximum Gasteiger partial charge on any atom is 0.303 e. The second-order valence-corrected chi connectivity index (χ2v) is 8.76. The van der Waals surface area contributed by atoms with Gasteiger partial charge in [0.05, 0.1) is 6.61 Å². The van der Waals surface area contributed by atoms with Crippen LogP contribution in [-0.4, -0.2) is 72.7 Å². The third-order valence-corrected chi connectivity index (χ3v) is 5.78. The van der Waals surface area contributed by atoms with Crippen LogP contribution in [0.2, 0.25) is 0 Å². The zero-order chi connectivity index (χ0) is 25.3. The van der Waals surface area contributed by atoms with Crippen molar-refractivity contribution in [1.82, 2.24) is 0 Å². The van der Waals surface area contributed by atoms with Crippen LogP contribution in [0.3, 0.4) is 0 Å². The summed E-state index contributed by atoms with van der Waals surface area (Å²) in [5.41, 5.74) is 0.167. The number of esters is 4. The van der Waals surface area contributed by atoms with Crippen LogP contribution >= 0.6 is 11.8 Å². The topological polar surface area (TPSA) is 124 Å². The molecule has 0 radical (unpaired) electrons. The number of carbonyl (C=O) groups is 4. The van der Waals surface area contributed by atoms with Crippen LogP contribution < -0.4 is 4.74 Å². The van der Waals surface area contributed by atoms with Gasteiger partial charge in [-0.25, -0.2) is 0 Å². The van der Waals surface area contributed by atoms with Gasteiger partial charge in [-0.05, 0) is 18.6 Å². The highest BCUT2D eigenvalue weighted by Crippen LogP contribution is 2.34. The molecule has 1 aromatic carbocycles. The Balaban J connectivity index is 2.22. The number of carbonyl (C=O) groups excluding carboxylic acids is 4. The lowest BCUT2D eigenvalue weighted by molar-refractivity contribution is -0.237. The van der Waals surface area contributed by atoms with E-state index in [-0.39, 0.29) is 6.61 Å². The molecule has 0 N–H and O–H groups in total. The second-order valence-electron chi connectivity index (χ2n) is 7.55. The Morgan fingerprint density at radius 1 is 0.853 bits per heavy atom. The van der Waals surface area contributed by atoms with E-state index in [2.05, 4.69) is 0 Å². The minimum absolute atomic E-state index is 0.255. The number of thioether (sulfide) groups is 1. The van der Waals surface area contributed by atoms with Crippen LogP contribution in [0.5, 0.6) is 5.75 Å². The Morgan fingerprint density at radius 2 is 1.44 bits per heavy atom. The number of para-hydroxylation sites is 1. The molecule has 1 aromatic rings. The first-order chi connectivity index (χ1) is 16.1. The number of aryl methyl sites for hydroxylation is 1. The number of hydrogen-bond acceptors (Lipinski definition) is 11. The van der Waals surface area contributed by atoms with Crippen molar-refractivity contribution >= 4 is 35.6 Å². The van der Waals surface area contributed by atoms with Crippen LogP contribution in [0.15, 0.2) is 24.3 Å². The lowest BCUT2D eigenvalue weighted by Crippen LogP contribution is -2.61. The highest BCUT2D eigenvalue weighted by Gasteiger charge is 2.52. The molecule has 0 saturated carbocycles. The van der Waals surface area contributed by atoms with Gasteiger partial charge in [0.2, 0.25) is 0 Å². The molecule has 2 rings (SSSR count). The minimum atomic E-state index is -1.17. The van der Waals surface area contributed by atoms with E-state index >= 15 is 0 Å². The summed E-state index contributed by atoms with van der Waals surface area (Å²) in [6, 6.07) is 7.57. The van der Waals surface area contributed by atoms with Gasteiger partial charge in [0.25, 0.3) is 0 Å². The normalized spacial score (nSPS) is 24.0. The summed E-state index contributed by atoms with van der Waals surface area (Å²) in [6.07, 6.45) is -4.37. The Morgan fingerprint density at radius 3 is 2.03 bits per heavy atom. The van der Waals surface area contributed by atoms with Crippen LogP contribution in [0, 0.1) is 6.92 Å². The van der Waals surface area contributed by atoms with Gasteiger partial charge in [0.1, 0.15) is 23.9 Å². The molecule has 0 aromatic heterocycles. The highest BCUT2D eigenvalue weighted by atomic mass is 32.2. The molecule has 11 heteroatoms. The summed E-state index contributed by atoms with van der Waals surface area (Å²) in [6.45, 7) is 6.80. The average molecular weight is 499 g/mol. The van der Waals surface area contributed by atoms with Gasteiger partial charge in [-0.3, -0.25) is 19.2 Å². The zero-order valence-corrected chi connectivity index (χ0v) is 20.6. The zero-order valence-electron chi connectivity index (χ0n) is 19.8. The van der Waals surface area contributed by atoms with E-state index in [1.165, 1.54) is 39.5 Å². The van der Waals surface area contributed by atoms with Crippen molar-refractivity contribution in [1.29, 1.82) is 0 Å². The highest BCUT2D eigenvalue weighted by molar-refractivity contribution is 7.99. The summed E-state index contributed by atoms with van der Waals surface area (Å²) in [7, 11) is 0. The molecular weight excluding hydrogens is 468 g/mol. The van der Waals surface area contributed by atoms with Gasteiger partial charge < -0.3 is 28.4 Å². The van der Waals surface area contributed by atoms with Crippen molar-refractivity contribution in [2.75, 3.05) is 19.0 Å². The van der Waals surface area contributed by atoms with Crippen molar-refractivity contribution in [3.05, 3.63) is 29.8 Å². The molecule has 0 amide bonds. The fourth-order valence-electron chi connectivity index (χ4n) is 3.36. The van der Waals surface area contributed by atoms with Crippen molar-refractivity contribution < 1.29 is 47.6 Å². The van der Waals surface area contributed by atoms with E-state index in [9.17, 15) is 19.2 Å². The summed E-state index contributed by atoms with van der Waals surface area (Å²) in [5, 5.41) is 0. The Kier molecular flexibility index (Phi) is 10.6. The van der Waals surface area contributed by atoms with Crippen LogP contribution in [-0.2, 0) is 42.9 Å². The van der Waals surface area contributed by atoms with Gasteiger partial charge in [-0.15, -0.1) is 11.8 Å². The third kappa shape index (κ3) is 8.53. The lowest BCUT2D eigenvalue weighted by atomic mass is 9.99. The first-order valence-corrected chi connectivity index (χ1v) is 11.7. The van der Waals surface area contributed by atoms with Crippen molar-refractivity contribution in [3.63, 3.8) is 0 Å². The maximum absolute atomic E-state index is 11.8. The van der Waals surface area contributed by atoms with Gasteiger partial charge in [0, 0.05) is 33.4 Å². The fourth-order valence-corrected chi connectivity index (χ4v) is 4.39. The SMILES string of the molecule is CC(=O)OC[C@@H]1O[C@@H](SCCOc2ccccc2C)[C@H](OC(C)=O)[C@H](OC(C)=O)[C@@H]1OC(C)=O. The van der Waals surface area contributed by atoms with E-state index in [0.717, 1.165) is 11.3 Å². The maximum atomic E-state index is 11.8. The first kappa shape index (κ1) is 27.5. The fraction of sp³-hybridized carbons (Fsp3) is 0.565. The molecule has 34 heavy (non-hydrogen) atoms. The molecule has 5 atom stereocenters. The van der Waals surface area contributed by atoms with E-state index in [1.807, 2.05) is 31.2 Å². The van der Waals surface area contributed by atoms with Crippen LogP contribution in [0.1, 0.15) is 33.3 Å². The Labute approximate surface area is 202 Å². The van der Waals surface area contributed by atoms with Crippen molar-refractivity contribution in [2.45, 2.75) is 64.5 Å². The molecule has 1 fully saturated rings. The monoisotopic (exact) mass is 498 g/mol. The number of benzene rings is 1. The van der Waals surface area contributed by atoms with Gasteiger partial charge in [0.15, 0.2) is 18.3 Å². The molecule has 10 nitrogen and oxygen atoms in total. The standard InChI is InChI=1S/C23H30O10S/c1-13-8-6-7-9-18(13)28-10-11-34-23-22(32-17(5)27)21(31-16(4)26)20(30-15(3)25)19(33-23)12-29-14(2)24/h6-9,19-23H,10-12H2,1-5H3/t19-,20+,21+,22+,23-/m0/s1. The van der Waals surface area contributed by atoms with E-state index < -0.39 is 53.7 Å². The molecule has 0 spiro atoms. The molecular formula is C23H30O10S. The summed E-state index contributed by atoms with van der Waals surface area (Å²) in [4.78, 5) is 46.8. The molecule has 0 bridgehead atoms. The second kappa shape index (κ2) is 13.2. The molecule has 1 aliphatic rings. The predicted molar refractivity (Wildman–Crippen MR) is 121 cm³/mol. The van der Waals surface area contributed by atoms with Crippen LogP contribution in [0.25, 0.3) is 0 Å². The Hall–Kier alpha value is -2.79. The predicted octanol–water partition coefficient (Wildman–Crippen LogP) is 2.19. The molecule has 1 saturated heterocycles. The first-order valence-electron chi connectivity index (χ1n) is 10.7. The van der Waals surface area contributed by atoms with E-state index in [0.29, 0.717) is 12.4 Å². The summed E-state index contributed by atoms with van der Waals surface area (Å²) >= 11 is 1.27. The largest absolute Gasteiger partial charge is 0.492 e. The van der Waals surface area contributed by atoms with Crippen molar-refractivity contribution in [2.24, 2.45) is 0 Å².